The lowest BCUT2D eigenvalue weighted by Crippen LogP contribution is -1.99. The molecule has 2 aromatic carbocycles. The van der Waals surface area contributed by atoms with Crippen molar-refractivity contribution in [2.45, 2.75) is 31.6 Å². The molecule has 0 bridgehead atoms. The van der Waals surface area contributed by atoms with Crippen molar-refractivity contribution in [3.05, 3.63) is 72.5 Å². The van der Waals surface area contributed by atoms with E-state index in [1.165, 1.54) is 47.9 Å². The molecule has 0 unspecified atom stereocenters. The molecule has 1 fully saturated rings. The van der Waals surface area contributed by atoms with E-state index in [4.69, 9.17) is 4.42 Å². The average molecular weight is 288 g/mol. The molecular formula is C21H20O. The topological polar surface area (TPSA) is 13.1 Å². The molecule has 0 saturated heterocycles. The van der Waals surface area contributed by atoms with Gasteiger partial charge in [0.15, 0.2) is 0 Å². The Bertz CT molecular complexity index is 735. The van der Waals surface area contributed by atoms with Crippen LogP contribution in [0.3, 0.4) is 0 Å². The van der Waals surface area contributed by atoms with Gasteiger partial charge in [0.1, 0.15) is 5.76 Å². The van der Waals surface area contributed by atoms with Crippen LogP contribution in [-0.4, -0.2) is 0 Å². The molecule has 0 spiro atoms. The number of hydrogen-bond acceptors (Lipinski definition) is 1. The monoisotopic (exact) mass is 288 g/mol. The Morgan fingerprint density at radius 2 is 1.50 bits per heavy atom. The second kappa shape index (κ2) is 5.84. The first-order valence-electron chi connectivity index (χ1n) is 8.16. The maximum Gasteiger partial charge on any atom is 0.134 e. The van der Waals surface area contributed by atoms with E-state index >= 15 is 0 Å². The van der Waals surface area contributed by atoms with Gasteiger partial charge in [0.2, 0.25) is 0 Å². The Morgan fingerprint density at radius 3 is 2.23 bits per heavy atom. The third kappa shape index (κ3) is 2.37. The highest BCUT2D eigenvalue weighted by Crippen LogP contribution is 2.44. The van der Waals surface area contributed by atoms with Crippen LogP contribution in [0.1, 0.15) is 37.2 Å². The van der Waals surface area contributed by atoms with Gasteiger partial charge in [-0.3, -0.25) is 0 Å². The van der Waals surface area contributed by atoms with Gasteiger partial charge in [-0.25, -0.2) is 0 Å². The van der Waals surface area contributed by atoms with E-state index in [9.17, 15) is 0 Å². The van der Waals surface area contributed by atoms with Crippen LogP contribution in [0, 0.1) is 0 Å². The van der Waals surface area contributed by atoms with Crippen molar-refractivity contribution in [1.29, 1.82) is 0 Å². The number of rotatable bonds is 3. The third-order valence-corrected chi connectivity index (χ3v) is 4.74. The van der Waals surface area contributed by atoms with Gasteiger partial charge in [-0.2, -0.15) is 0 Å². The zero-order chi connectivity index (χ0) is 14.8. The highest BCUT2D eigenvalue weighted by atomic mass is 16.3. The van der Waals surface area contributed by atoms with Crippen molar-refractivity contribution in [3.63, 3.8) is 0 Å². The van der Waals surface area contributed by atoms with Crippen molar-refractivity contribution in [2.75, 3.05) is 0 Å². The molecule has 1 aliphatic carbocycles. The normalized spacial score (nSPS) is 15.3. The van der Waals surface area contributed by atoms with Gasteiger partial charge in [-0.15, -0.1) is 0 Å². The van der Waals surface area contributed by atoms with Crippen molar-refractivity contribution >= 4 is 0 Å². The molecule has 1 aliphatic rings. The molecule has 0 atom stereocenters. The predicted molar refractivity (Wildman–Crippen MR) is 90.8 cm³/mol. The Morgan fingerprint density at radius 1 is 0.727 bits per heavy atom. The lowest BCUT2D eigenvalue weighted by Gasteiger charge is -2.19. The van der Waals surface area contributed by atoms with Crippen LogP contribution in [0.15, 0.2) is 71.3 Å². The van der Waals surface area contributed by atoms with Crippen molar-refractivity contribution in [1.82, 2.24) is 0 Å². The molecule has 1 aromatic heterocycles. The van der Waals surface area contributed by atoms with E-state index < -0.39 is 0 Å². The molecule has 3 aromatic rings. The van der Waals surface area contributed by atoms with Crippen molar-refractivity contribution < 1.29 is 4.42 Å². The Labute approximate surface area is 131 Å². The predicted octanol–water partition coefficient (Wildman–Crippen LogP) is 6.27. The minimum absolute atomic E-state index is 0.650. The minimum atomic E-state index is 0.650. The van der Waals surface area contributed by atoms with E-state index in [1.54, 1.807) is 6.26 Å². The lowest BCUT2D eigenvalue weighted by atomic mass is 9.85. The van der Waals surface area contributed by atoms with Crippen LogP contribution in [0.2, 0.25) is 0 Å². The summed E-state index contributed by atoms with van der Waals surface area (Å²) in [7, 11) is 0. The van der Waals surface area contributed by atoms with Crippen LogP contribution >= 0.6 is 0 Å². The number of furan rings is 1. The van der Waals surface area contributed by atoms with E-state index in [1.807, 2.05) is 6.07 Å². The maximum atomic E-state index is 5.71. The third-order valence-electron chi connectivity index (χ3n) is 4.74. The first-order valence-corrected chi connectivity index (χ1v) is 8.16. The SMILES string of the molecule is c1ccc(-c2cccc(-c3ccco3)c2C2CCCC2)cc1. The average Bonchev–Trinajstić information content (AvgIpc) is 3.28. The highest BCUT2D eigenvalue weighted by molar-refractivity contribution is 5.77. The number of hydrogen-bond donors (Lipinski definition) is 0. The number of benzene rings is 2. The Hall–Kier alpha value is -2.28. The van der Waals surface area contributed by atoms with Gasteiger partial charge in [0, 0.05) is 5.56 Å². The van der Waals surface area contributed by atoms with E-state index in [0.29, 0.717) is 5.92 Å². The summed E-state index contributed by atoms with van der Waals surface area (Å²) in [6, 6.07) is 21.4. The molecule has 0 N–H and O–H groups in total. The Kier molecular flexibility index (Phi) is 3.56. The standard InChI is InChI=1S/C21H20O/c1-2-8-16(9-3-1)18-12-6-13-19(20-14-7-15-22-20)21(18)17-10-4-5-11-17/h1-3,6-9,12-15,17H,4-5,10-11H2. The van der Waals surface area contributed by atoms with Crippen LogP contribution in [0.5, 0.6) is 0 Å². The summed E-state index contributed by atoms with van der Waals surface area (Å²) >= 11 is 0. The van der Waals surface area contributed by atoms with Crippen LogP contribution in [0.4, 0.5) is 0 Å². The summed E-state index contributed by atoms with van der Waals surface area (Å²) in [4.78, 5) is 0. The summed E-state index contributed by atoms with van der Waals surface area (Å²) < 4.78 is 5.71. The molecule has 0 radical (unpaired) electrons. The molecule has 0 aliphatic heterocycles. The molecule has 1 nitrogen and oxygen atoms in total. The smallest absolute Gasteiger partial charge is 0.134 e. The van der Waals surface area contributed by atoms with Crippen LogP contribution < -0.4 is 0 Å². The fraction of sp³-hybridized carbons (Fsp3) is 0.238. The summed E-state index contributed by atoms with van der Waals surface area (Å²) in [6.07, 6.45) is 7.02. The Balaban J connectivity index is 1.93. The molecule has 1 heterocycles. The van der Waals surface area contributed by atoms with Gasteiger partial charge < -0.3 is 4.42 Å². The molecular weight excluding hydrogens is 268 g/mol. The second-order valence-corrected chi connectivity index (χ2v) is 6.09. The molecule has 1 saturated carbocycles. The van der Waals surface area contributed by atoms with E-state index in [0.717, 1.165) is 5.76 Å². The molecule has 22 heavy (non-hydrogen) atoms. The first kappa shape index (κ1) is 13.4. The highest BCUT2D eigenvalue weighted by Gasteiger charge is 2.24. The van der Waals surface area contributed by atoms with E-state index in [2.05, 4.69) is 54.6 Å². The van der Waals surface area contributed by atoms with Gasteiger partial charge in [0.05, 0.1) is 6.26 Å². The fourth-order valence-corrected chi connectivity index (χ4v) is 3.74. The second-order valence-electron chi connectivity index (χ2n) is 6.09. The van der Waals surface area contributed by atoms with Gasteiger partial charge in [0.25, 0.3) is 0 Å². The lowest BCUT2D eigenvalue weighted by molar-refractivity contribution is 0.580. The quantitative estimate of drug-likeness (QED) is 0.553. The van der Waals surface area contributed by atoms with Gasteiger partial charge in [-0.1, -0.05) is 61.4 Å². The zero-order valence-electron chi connectivity index (χ0n) is 12.7. The molecule has 1 heteroatoms. The van der Waals surface area contributed by atoms with Crippen LogP contribution in [0.25, 0.3) is 22.5 Å². The maximum absolute atomic E-state index is 5.71. The fourth-order valence-electron chi connectivity index (χ4n) is 3.74. The van der Waals surface area contributed by atoms with Crippen molar-refractivity contribution in [3.8, 4) is 22.5 Å². The van der Waals surface area contributed by atoms with Crippen LogP contribution in [-0.2, 0) is 0 Å². The minimum Gasteiger partial charge on any atom is -0.464 e. The summed E-state index contributed by atoms with van der Waals surface area (Å²) in [5, 5.41) is 0. The summed E-state index contributed by atoms with van der Waals surface area (Å²) in [5.41, 5.74) is 5.40. The van der Waals surface area contributed by atoms with Gasteiger partial charge >= 0.3 is 0 Å². The molecule has 4 rings (SSSR count). The van der Waals surface area contributed by atoms with Gasteiger partial charge in [-0.05, 0) is 47.6 Å². The summed E-state index contributed by atoms with van der Waals surface area (Å²) in [5.74, 6) is 1.64. The largest absolute Gasteiger partial charge is 0.464 e. The van der Waals surface area contributed by atoms with Crippen molar-refractivity contribution in [2.24, 2.45) is 0 Å². The first-order chi connectivity index (χ1) is 10.9. The summed E-state index contributed by atoms with van der Waals surface area (Å²) in [6.45, 7) is 0. The molecule has 110 valence electrons. The van der Waals surface area contributed by atoms with E-state index in [-0.39, 0.29) is 0 Å². The zero-order valence-corrected chi connectivity index (χ0v) is 12.7. The molecule has 0 amide bonds.